The summed E-state index contributed by atoms with van der Waals surface area (Å²) in [6.45, 7) is 1.92. The fourth-order valence-corrected chi connectivity index (χ4v) is 3.61. The van der Waals surface area contributed by atoms with Crippen molar-refractivity contribution >= 4 is 63.7 Å². The van der Waals surface area contributed by atoms with Crippen LogP contribution in [-0.4, -0.2) is 24.0 Å². The van der Waals surface area contributed by atoms with Crippen LogP contribution in [0.1, 0.15) is 21.5 Å². The summed E-state index contributed by atoms with van der Waals surface area (Å²) in [4.78, 5) is 37.2. The normalized spacial score (nSPS) is 10.9. The van der Waals surface area contributed by atoms with Crippen LogP contribution in [0.3, 0.4) is 0 Å². The summed E-state index contributed by atoms with van der Waals surface area (Å²) in [6.07, 6.45) is 1.32. The largest absolute Gasteiger partial charge is 0.422 e. The van der Waals surface area contributed by atoms with Crippen molar-refractivity contribution < 1.29 is 19.1 Å². The number of halogens is 2. The quantitative estimate of drug-likeness (QED) is 0.115. The summed E-state index contributed by atoms with van der Waals surface area (Å²) in [6, 6.07) is 22.3. The predicted molar refractivity (Wildman–Crippen MR) is 141 cm³/mol. The molecule has 0 atom stereocenters. The summed E-state index contributed by atoms with van der Waals surface area (Å²) in [7, 11) is 0. The third-order valence-corrected chi connectivity index (χ3v) is 5.90. The molecular weight excluding hydrogens is 501 g/mol. The topological polar surface area (TPSA) is 96.9 Å². The zero-order valence-corrected chi connectivity index (χ0v) is 20.4. The highest BCUT2D eigenvalue weighted by atomic mass is 35.5. The Bertz CT molecular complexity index is 1500. The van der Waals surface area contributed by atoms with Gasteiger partial charge in [-0.25, -0.2) is 10.2 Å². The smallest absolute Gasteiger partial charge is 0.343 e. The lowest BCUT2D eigenvalue weighted by Crippen LogP contribution is -2.32. The molecule has 7 nitrogen and oxygen atoms in total. The van der Waals surface area contributed by atoms with Gasteiger partial charge in [0.05, 0.1) is 21.8 Å². The molecule has 0 aliphatic heterocycles. The van der Waals surface area contributed by atoms with Crippen LogP contribution in [0.5, 0.6) is 5.75 Å². The van der Waals surface area contributed by atoms with Gasteiger partial charge in [0.15, 0.2) is 0 Å². The molecule has 2 N–H and O–H groups in total. The van der Waals surface area contributed by atoms with Gasteiger partial charge >= 0.3 is 17.8 Å². The van der Waals surface area contributed by atoms with Gasteiger partial charge in [-0.15, -0.1) is 0 Å². The van der Waals surface area contributed by atoms with E-state index in [0.29, 0.717) is 21.8 Å². The van der Waals surface area contributed by atoms with E-state index >= 15 is 0 Å². The van der Waals surface area contributed by atoms with Crippen LogP contribution in [0.25, 0.3) is 10.8 Å². The Morgan fingerprint density at radius 3 is 2.36 bits per heavy atom. The molecule has 4 rings (SSSR count). The molecule has 0 aliphatic carbocycles. The lowest BCUT2D eigenvalue weighted by molar-refractivity contribution is -0.136. The molecule has 0 aromatic heterocycles. The van der Waals surface area contributed by atoms with Gasteiger partial charge in [0, 0.05) is 11.3 Å². The van der Waals surface area contributed by atoms with Gasteiger partial charge in [-0.1, -0.05) is 71.2 Å². The number of anilines is 1. The fraction of sp³-hybridized carbons (Fsp3) is 0.0370. The molecular formula is C27H19Cl2N3O4. The average Bonchev–Trinajstić information content (AvgIpc) is 2.87. The van der Waals surface area contributed by atoms with Crippen LogP contribution in [0.2, 0.25) is 10.0 Å². The molecule has 0 fully saturated rings. The van der Waals surface area contributed by atoms with Gasteiger partial charge in [0.1, 0.15) is 5.75 Å². The number of hydrazone groups is 1. The van der Waals surface area contributed by atoms with Crippen molar-refractivity contribution in [3.05, 3.63) is 106 Å². The Balaban J connectivity index is 1.53. The molecule has 4 aromatic carbocycles. The maximum atomic E-state index is 12.7. The highest BCUT2D eigenvalue weighted by molar-refractivity contribution is 6.43. The van der Waals surface area contributed by atoms with E-state index in [4.69, 9.17) is 27.9 Å². The second kappa shape index (κ2) is 11.0. The van der Waals surface area contributed by atoms with Gasteiger partial charge in [-0.2, -0.15) is 5.10 Å². The van der Waals surface area contributed by atoms with E-state index in [9.17, 15) is 14.4 Å². The molecule has 180 valence electrons. The van der Waals surface area contributed by atoms with Gasteiger partial charge in [-0.3, -0.25) is 9.59 Å². The minimum atomic E-state index is -1.00. The van der Waals surface area contributed by atoms with E-state index in [2.05, 4.69) is 15.8 Å². The minimum absolute atomic E-state index is 0.233. The lowest BCUT2D eigenvalue weighted by atomic mass is 10.0. The van der Waals surface area contributed by atoms with Gasteiger partial charge in [-0.05, 0) is 54.1 Å². The molecule has 0 saturated heterocycles. The van der Waals surface area contributed by atoms with E-state index in [0.717, 1.165) is 16.3 Å². The van der Waals surface area contributed by atoms with E-state index in [1.807, 2.05) is 49.4 Å². The van der Waals surface area contributed by atoms with Gasteiger partial charge in [0.25, 0.3) is 0 Å². The molecule has 0 unspecified atom stereocenters. The molecule has 0 saturated carbocycles. The number of nitrogens with zero attached hydrogens (tertiary/aromatic N) is 1. The Kier molecular flexibility index (Phi) is 7.63. The number of hydrogen-bond acceptors (Lipinski definition) is 5. The number of nitrogens with one attached hydrogen (secondary N) is 2. The number of carbonyl (C=O) groups is 3. The fourth-order valence-electron chi connectivity index (χ4n) is 3.31. The molecule has 0 heterocycles. The zero-order valence-electron chi connectivity index (χ0n) is 18.9. The Hall–Kier alpha value is -4.20. The Labute approximate surface area is 216 Å². The second-order valence-corrected chi connectivity index (χ2v) is 8.55. The predicted octanol–water partition coefficient (Wildman–Crippen LogP) is 5.76. The summed E-state index contributed by atoms with van der Waals surface area (Å²) in [5.74, 6) is -2.24. The number of ether oxygens (including phenoxy) is 1. The number of carbonyl (C=O) groups excluding carboxylic acids is 3. The third-order valence-electron chi connectivity index (χ3n) is 5.16. The number of fused-ring (bicyclic) bond motifs is 1. The van der Waals surface area contributed by atoms with Crippen molar-refractivity contribution in [3.8, 4) is 5.75 Å². The first kappa shape index (κ1) is 24.9. The number of amides is 2. The Morgan fingerprint density at radius 1 is 0.861 bits per heavy atom. The first-order chi connectivity index (χ1) is 17.3. The van der Waals surface area contributed by atoms with E-state index < -0.39 is 17.8 Å². The summed E-state index contributed by atoms with van der Waals surface area (Å²) >= 11 is 11.8. The van der Waals surface area contributed by atoms with Crippen molar-refractivity contribution in [1.82, 2.24) is 5.43 Å². The maximum absolute atomic E-state index is 12.7. The highest BCUT2D eigenvalue weighted by Gasteiger charge is 2.16. The van der Waals surface area contributed by atoms with Crippen molar-refractivity contribution in [3.63, 3.8) is 0 Å². The zero-order chi connectivity index (χ0) is 25.7. The average molecular weight is 520 g/mol. The third kappa shape index (κ3) is 5.89. The number of esters is 1. The molecule has 0 aliphatic rings. The van der Waals surface area contributed by atoms with E-state index in [1.54, 1.807) is 18.2 Å². The van der Waals surface area contributed by atoms with Crippen LogP contribution in [0.15, 0.2) is 84.0 Å². The highest BCUT2D eigenvalue weighted by Crippen LogP contribution is 2.28. The van der Waals surface area contributed by atoms with Crippen molar-refractivity contribution in [2.24, 2.45) is 5.10 Å². The SMILES string of the molecule is Cc1ccc(C(=O)Oc2ccc3ccccc3c2C=NNC(=O)C(=O)Nc2ccc(Cl)c(Cl)c2)cc1. The van der Waals surface area contributed by atoms with Crippen LogP contribution in [0, 0.1) is 6.92 Å². The lowest BCUT2D eigenvalue weighted by Gasteiger charge is -2.11. The number of aryl methyl sites for hydroxylation is 1. The summed E-state index contributed by atoms with van der Waals surface area (Å²) in [5, 5.41) is 8.49. The Morgan fingerprint density at radius 2 is 1.61 bits per heavy atom. The van der Waals surface area contributed by atoms with E-state index in [-0.39, 0.29) is 10.8 Å². The summed E-state index contributed by atoms with van der Waals surface area (Å²) < 4.78 is 5.64. The van der Waals surface area contributed by atoms with E-state index in [1.165, 1.54) is 24.4 Å². The van der Waals surface area contributed by atoms with Crippen LogP contribution in [-0.2, 0) is 9.59 Å². The van der Waals surface area contributed by atoms with Gasteiger partial charge < -0.3 is 10.1 Å². The first-order valence-corrected chi connectivity index (χ1v) is 11.5. The number of hydrogen-bond donors (Lipinski definition) is 2. The monoisotopic (exact) mass is 519 g/mol. The molecule has 0 spiro atoms. The van der Waals surface area contributed by atoms with Crippen LogP contribution >= 0.6 is 23.2 Å². The molecule has 0 bridgehead atoms. The molecule has 36 heavy (non-hydrogen) atoms. The standard InChI is InChI=1S/C27H19Cl2N3O4/c1-16-6-8-18(9-7-16)27(35)36-24-13-10-17-4-2-3-5-20(17)21(24)15-30-32-26(34)25(33)31-19-11-12-22(28)23(29)14-19/h2-15H,1H3,(H,31,33)(H,32,34). The molecule has 9 heteroatoms. The van der Waals surface area contributed by atoms with Crippen molar-refractivity contribution in [1.29, 1.82) is 0 Å². The van der Waals surface area contributed by atoms with Crippen molar-refractivity contribution in [2.75, 3.05) is 5.32 Å². The van der Waals surface area contributed by atoms with Crippen molar-refractivity contribution in [2.45, 2.75) is 6.92 Å². The minimum Gasteiger partial charge on any atom is -0.422 e. The van der Waals surface area contributed by atoms with Gasteiger partial charge in [0.2, 0.25) is 0 Å². The first-order valence-electron chi connectivity index (χ1n) is 10.7. The molecule has 4 aromatic rings. The second-order valence-electron chi connectivity index (χ2n) is 7.74. The number of benzene rings is 4. The van der Waals surface area contributed by atoms with Crippen LogP contribution < -0.4 is 15.5 Å². The van der Waals surface area contributed by atoms with Crippen LogP contribution in [0.4, 0.5) is 5.69 Å². The molecule has 2 amide bonds. The number of rotatable bonds is 5. The molecule has 0 radical (unpaired) electrons. The maximum Gasteiger partial charge on any atom is 0.343 e. The summed E-state index contributed by atoms with van der Waals surface area (Å²) in [5.41, 5.74) is 4.35.